The molecule has 0 amide bonds. The summed E-state index contributed by atoms with van der Waals surface area (Å²) < 4.78 is 22.0. The highest BCUT2D eigenvalue weighted by molar-refractivity contribution is 7.92. The Balaban J connectivity index is 3.33. The smallest absolute Gasteiger partial charge is 0.179 e. The molecule has 1 radical (unpaired) electrons. The van der Waals surface area contributed by atoms with Gasteiger partial charge in [-0.2, -0.15) is 0 Å². The molecule has 0 unspecified atom stereocenters. The molecule has 0 N–H and O–H groups in total. The Kier molecular flexibility index (Phi) is 2.24. The summed E-state index contributed by atoms with van der Waals surface area (Å²) in [5.41, 5.74) is 2.06. The molecule has 0 bridgehead atoms. The van der Waals surface area contributed by atoms with Crippen molar-refractivity contribution in [2.24, 2.45) is 0 Å². The predicted octanol–water partition coefficient (Wildman–Crippen LogP) is 1.87. The van der Waals surface area contributed by atoms with Gasteiger partial charge in [0.15, 0.2) is 9.84 Å². The van der Waals surface area contributed by atoms with Crippen LogP contribution in [-0.2, 0) is 9.84 Å². The van der Waals surface area contributed by atoms with E-state index in [2.05, 4.69) is 6.26 Å². The van der Waals surface area contributed by atoms with Crippen molar-refractivity contribution < 1.29 is 8.42 Å². The molecule has 0 aliphatic carbocycles. The van der Waals surface area contributed by atoms with Crippen molar-refractivity contribution >= 4 is 9.84 Å². The lowest BCUT2D eigenvalue weighted by atomic mass is 10.1. The van der Waals surface area contributed by atoms with Crippen LogP contribution in [0.1, 0.15) is 11.1 Å². The molecule has 0 saturated heterocycles. The van der Waals surface area contributed by atoms with E-state index in [4.69, 9.17) is 0 Å². The van der Waals surface area contributed by atoms with E-state index in [1.807, 2.05) is 13.8 Å². The Morgan fingerprint density at radius 3 is 2.17 bits per heavy atom. The van der Waals surface area contributed by atoms with Crippen LogP contribution in [0.3, 0.4) is 0 Å². The summed E-state index contributed by atoms with van der Waals surface area (Å²) >= 11 is 0. The first-order valence-corrected chi connectivity index (χ1v) is 5.22. The Morgan fingerprint density at radius 2 is 1.75 bits per heavy atom. The molecule has 0 heterocycles. The summed E-state index contributed by atoms with van der Waals surface area (Å²) in [6.07, 6.45) is 3.08. The number of sulfone groups is 1. The second-order valence-corrected chi connectivity index (χ2v) is 4.56. The van der Waals surface area contributed by atoms with Crippen molar-refractivity contribution in [1.82, 2.24) is 0 Å². The molecule has 0 aliphatic heterocycles. The van der Waals surface area contributed by atoms with Crippen molar-refractivity contribution in [2.45, 2.75) is 18.7 Å². The van der Waals surface area contributed by atoms with Gasteiger partial charge in [-0.05, 0) is 37.1 Å². The fourth-order valence-corrected chi connectivity index (χ4v) is 1.54. The molecule has 1 rings (SSSR count). The minimum atomic E-state index is -3.29. The van der Waals surface area contributed by atoms with Gasteiger partial charge in [0.25, 0.3) is 0 Å². The minimum Gasteiger partial charge on any atom is -0.224 e. The first kappa shape index (κ1) is 9.26. The summed E-state index contributed by atoms with van der Waals surface area (Å²) in [6, 6.07) is 5.00. The average Bonchev–Trinajstić information content (AvgIpc) is 1.92. The maximum absolute atomic E-state index is 11.0. The molecule has 0 saturated carbocycles. The summed E-state index contributed by atoms with van der Waals surface area (Å²) in [5, 5.41) is 0. The van der Waals surface area contributed by atoms with Crippen LogP contribution in [0.15, 0.2) is 23.1 Å². The molecule has 0 fully saturated rings. The van der Waals surface area contributed by atoms with E-state index in [1.54, 1.807) is 18.2 Å². The van der Waals surface area contributed by atoms with Gasteiger partial charge in [-0.3, -0.25) is 0 Å². The highest BCUT2D eigenvalue weighted by Crippen LogP contribution is 2.14. The molecular formula is C9H11O2S. The first-order chi connectivity index (χ1) is 5.41. The fraction of sp³-hybridized carbons (Fsp3) is 0.222. The normalized spacial score (nSPS) is 11.6. The molecule has 0 aromatic heterocycles. The van der Waals surface area contributed by atoms with Gasteiger partial charge in [-0.25, -0.2) is 8.42 Å². The van der Waals surface area contributed by atoms with E-state index >= 15 is 0 Å². The summed E-state index contributed by atoms with van der Waals surface area (Å²) in [7, 11) is -3.29. The van der Waals surface area contributed by atoms with Crippen molar-refractivity contribution in [3.63, 3.8) is 0 Å². The SMILES string of the molecule is [CH2]S(=O)(=O)c1ccc(C)c(C)c1. The first-order valence-electron chi connectivity index (χ1n) is 3.56. The third-order valence-corrected chi connectivity index (χ3v) is 2.81. The molecule has 12 heavy (non-hydrogen) atoms. The van der Waals surface area contributed by atoms with Crippen molar-refractivity contribution in [2.75, 3.05) is 0 Å². The quantitative estimate of drug-likeness (QED) is 0.666. The Hall–Kier alpha value is -0.830. The van der Waals surface area contributed by atoms with E-state index in [0.717, 1.165) is 11.1 Å². The molecule has 1 aromatic carbocycles. The van der Waals surface area contributed by atoms with Gasteiger partial charge in [0.05, 0.1) is 11.2 Å². The molecule has 3 heteroatoms. The van der Waals surface area contributed by atoms with Gasteiger partial charge in [0.1, 0.15) is 0 Å². The standard InChI is InChI=1S/C9H11O2S/c1-7-4-5-9(6-8(7)2)12(3,10)11/h4-6H,3H2,1-2H3. The molecule has 0 spiro atoms. The second-order valence-electron chi connectivity index (χ2n) is 2.86. The number of benzene rings is 1. The van der Waals surface area contributed by atoms with Crippen LogP contribution in [0.2, 0.25) is 0 Å². The lowest BCUT2D eigenvalue weighted by Crippen LogP contribution is -1.95. The molecule has 0 atom stereocenters. The average molecular weight is 183 g/mol. The van der Waals surface area contributed by atoms with Crippen molar-refractivity contribution in [3.05, 3.63) is 35.6 Å². The van der Waals surface area contributed by atoms with Crippen LogP contribution in [-0.4, -0.2) is 8.42 Å². The van der Waals surface area contributed by atoms with Gasteiger partial charge in [-0.15, -0.1) is 0 Å². The lowest BCUT2D eigenvalue weighted by molar-refractivity contribution is 0.604. The third kappa shape index (κ3) is 1.85. The van der Waals surface area contributed by atoms with Crippen LogP contribution in [0.5, 0.6) is 0 Å². The molecular weight excluding hydrogens is 172 g/mol. The van der Waals surface area contributed by atoms with Gasteiger partial charge in [-0.1, -0.05) is 6.07 Å². The van der Waals surface area contributed by atoms with Crippen LogP contribution in [0.4, 0.5) is 0 Å². The Bertz CT molecular complexity index is 391. The maximum Gasteiger partial charge on any atom is 0.179 e. The van der Waals surface area contributed by atoms with Crippen LogP contribution in [0, 0.1) is 20.1 Å². The van der Waals surface area contributed by atoms with Gasteiger partial charge < -0.3 is 0 Å². The zero-order chi connectivity index (χ0) is 9.35. The predicted molar refractivity (Wildman–Crippen MR) is 48.5 cm³/mol. The van der Waals surface area contributed by atoms with E-state index in [-0.39, 0.29) is 4.90 Å². The second kappa shape index (κ2) is 2.90. The number of hydrogen-bond acceptors (Lipinski definition) is 2. The molecule has 2 nitrogen and oxygen atoms in total. The van der Waals surface area contributed by atoms with Crippen molar-refractivity contribution in [1.29, 1.82) is 0 Å². The molecule has 1 aromatic rings. The zero-order valence-electron chi connectivity index (χ0n) is 7.16. The maximum atomic E-state index is 11.0. The summed E-state index contributed by atoms with van der Waals surface area (Å²) in [5.74, 6) is 0. The Labute approximate surface area is 73.2 Å². The van der Waals surface area contributed by atoms with Gasteiger partial charge in [0.2, 0.25) is 0 Å². The zero-order valence-corrected chi connectivity index (χ0v) is 7.98. The van der Waals surface area contributed by atoms with E-state index in [1.165, 1.54) is 0 Å². The summed E-state index contributed by atoms with van der Waals surface area (Å²) in [6.45, 7) is 3.82. The van der Waals surface area contributed by atoms with Gasteiger partial charge >= 0.3 is 0 Å². The minimum absolute atomic E-state index is 0.283. The molecule has 0 aliphatic rings. The number of hydrogen-bond donors (Lipinski definition) is 0. The van der Waals surface area contributed by atoms with E-state index < -0.39 is 9.84 Å². The highest BCUT2D eigenvalue weighted by atomic mass is 32.2. The number of rotatable bonds is 1. The summed E-state index contributed by atoms with van der Waals surface area (Å²) in [4.78, 5) is 0.283. The topological polar surface area (TPSA) is 34.1 Å². The largest absolute Gasteiger partial charge is 0.224 e. The van der Waals surface area contributed by atoms with Crippen LogP contribution in [0.25, 0.3) is 0 Å². The lowest BCUT2D eigenvalue weighted by Gasteiger charge is -2.02. The highest BCUT2D eigenvalue weighted by Gasteiger charge is 2.06. The van der Waals surface area contributed by atoms with Crippen molar-refractivity contribution in [3.8, 4) is 0 Å². The van der Waals surface area contributed by atoms with Crippen LogP contribution < -0.4 is 0 Å². The van der Waals surface area contributed by atoms with Crippen LogP contribution >= 0.6 is 0 Å². The van der Waals surface area contributed by atoms with E-state index in [9.17, 15) is 8.42 Å². The third-order valence-electron chi connectivity index (χ3n) is 1.84. The monoisotopic (exact) mass is 183 g/mol. The van der Waals surface area contributed by atoms with E-state index in [0.29, 0.717) is 0 Å². The van der Waals surface area contributed by atoms with Gasteiger partial charge in [0, 0.05) is 0 Å². The molecule has 65 valence electrons. The Morgan fingerprint density at radius 1 is 1.17 bits per heavy atom. The fourth-order valence-electron chi connectivity index (χ4n) is 0.907. The number of aryl methyl sites for hydroxylation is 2.